The van der Waals surface area contributed by atoms with Crippen LogP contribution in [0.15, 0.2) is 29.4 Å². The molecule has 1 saturated heterocycles. The monoisotopic (exact) mass is 320 g/mol. The summed E-state index contributed by atoms with van der Waals surface area (Å²) in [5, 5.41) is 7.64. The Kier molecular flexibility index (Phi) is 5.25. The fourth-order valence-electron chi connectivity index (χ4n) is 3.08. The minimum Gasteiger partial charge on any atom is -0.391 e. The van der Waals surface area contributed by atoms with Gasteiger partial charge in [-0.3, -0.25) is 5.43 Å². The number of hydrazine groups is 1. The molecule has 3 rings (SSSR count). The molecule has 0 aromatic heterocycles. The highest BCUT2D eigenvalue weighted by atomic mass is 19.1. The molecule has 3 N–H and O–H groups in total. The van der Waals surface area contributed by atoms with E-state index in [1.54, 1.807) is 0 Å². The normalized spacial score (nSPS) is 27.3. The van der Waals surface area contributed by atoms with Crippen LogP contribution in [-0.2, 0) is 4.84 Å². The van der Waals surface area contributed by atoms with Gasteiger partial charge in [-0.05, 0) is 23.6 Å². The Bertz CT molecular complexity index is 546. The van der Waals surface area contributed by atoms with Crippen molar-refractivity contribution in [3.8, 4) is 0 Å². The van der Waals surface area contributed by atoms with Gasteiger partial charge in [-0.2, -0.15) is 0 Å². The molecule has 5 nitrogen and oxygen atoms in total. The summed E-state index contributed by atoms with van der Waals surface area (Å²) in [5.41, 5.74) is 8.72. The van der Waals surface area contributed by atoms with Gasteiger partial charge in [-0.25, -0.2) is 9.82 Å². The van der Waals surface area contributed by atoms with E-state index in [0.717, 1.165) is 37.3 Å². The van der Waals surface area contributed by atoms with Gasteiger partial charge in [0, 0.05) is 32.0 Å². The number of halogens is 1. The number of rotatable bonds is 6. The van der Waals surface area contributed by atoms with Gasteiger partial charge < -0.3 is 10.2 Å². The number of hydrogen-bond acceptors (Lipinski definition) is 5. The van der Waals surface area contributed by atoms with Gasteiger partial charge in [0.2, 0.25) is 0 Å². The summed E-state index contributed by atoms with van der Waals surface area (Å²) < 4.78 is 13.1. The standard InChI is InChI=1S/C17H25FN4O/c1-11(2)16-7-15(23-22-16)10-19-8-13-9-20-21-17(13)12-3-5-14(18)6-4-12/h3-6,11,13,15,17,19-21H,7-10H2,1-2H3. The van der Waals surface area contributed by atoms with Gasteiger partial charge in [-0.1, -0.05) is 31.1 Å². The molecule has 3 atom stereocenters. The van der Waals surface area contributed by atoms with Crippen LogP contribution >= 0.6 is 0 Å². The molecule has 0 saturated carbocycles. The predicted molar refractivity (Wildman–Crippen MR) is 88.4 cm³/mol. The highest BCUT2D eigenvalue weighted by Crippen LogP contribution is 2.24. The zero-order valence-corrected chi connectivity index (χ0v) is 13.7. The lowest BCUT2D eigenvalue weighted by molar-refractivity contribution is 0.0842. The molecule has 1 aromatic rings. The molecule has 0 spiro atoms. The lowest BCUT2D eigenvalue weighted by Gasteiger charge is -2.20. The molecular weight excluding hydrogens is 295 g/mol. The minimum absolute atomic E-state index is 0.138. The minimum atomic E-state index is -0.200. The van der Waals surface area contributed by atoms with Crippen LogP contribution < -0.4 is 16.2 Å². The van der Waals surface area contributed by atoms with E-state index < -0.39 is 0 Å². The van der Waals surface area contributed by atoms with Gasteiger partial charge >= 0.3 is 0 Å². The molecule has 0 amide bonds. The molecule has 126 valence electrons. The first-order chi connectivity index (χ1) is 11.1. The van der Waals surface area contributed by atoms with E-state index in [4.69, 9.17) is 4.84 Å². The Morgan fingerprint density at radius 1 is 1.30 bits per heavy atom. The number of hydrogen-bond donors (Lipinski definition) is 3. The SMILES string of the molecule is CC(C)C1=NOC(CNCC2CNNC2c2ccc(F)cc2)C1. The Balaban J connectivity index is 1.46. The number of nitrogens with one attached hydrogen (secondary N) is 3. The summed E-state index contributed by atoms with van der Waals surface area (Å²) in [6.45, 7) is 6.84. The first-order valence-electron chi connectivity index (χ1n) is 8.30. The van der Waals surface area contributed by atoms with E-state index in [9.17, 15) is 4.39 Å². The summed E-state index contributed by atoms with van der Waals surface area (Å²) in [4.78, 5) is 5.47. The molecule has 0 bridgehead atoms. The van der Waals surface area contributed by atoms with Crippen molar-refractivity contribution >= 4 is 5.71 Å². The van der Waals surface area contributed by atoms with Crippen LogP contribution in [0.5, 0.6) is 0 Å². The summed E-state index contributed by atoms with van der Waals surface area (Å²) in [6.07, 6.45) is 1.05. The molecule has 2 aliphatic heterocycles. The zero-order chi connectivity index (χ0) is 16.2. The molecule has 23 heavy (non-hydrogen) atoms. The van der Waals surface area contributed by atoms with Gasteiger partial charge in [0.05, 0.1) is 11.8 Å². The molecule has 3 unspecified atom stereocenters. The van der Waals surface area contributed by atoms with Crippen LogP contribution in [0.4, 0.5) is 4.39 Å². The van der Waals surface area contributed by atoms with Crippen molar-refractivity contribution in [1.29, 1.82) is 0 Å². The third-order valence-corrected chi connectivity index (χ3v) is 4.52. The van der Waals surface area contributed by atoms with E-state index in [0.29, 0.717) is 11.8 Å². The molecule has 6 heteroatoms. The van der Waals surface area contributed by atoms with Gasteiger partial charge in [0.1, 0.15) is 11.9 Å². The van der Waals surface area contributed by atoms with Gasteiger partial charge in [-0.15, -0.1) is 0 Å². The quantitative estimate of drug-likeness (QED) is 0.750. The highest BCUT2D eigenvalue weighted by molar-refractivity contribution is 5.87. The first-order valence-corrected chi connectivity index (χ1v) is 8.30. The molecule has 0 radical (unpaired) electrons. The Hall–Kier alpha value is -1.50. The highest BCUT2D eigenvalue weighted by Gasteiger charge is 2.29. The molecule has 1 fully saturated rings. The second kappa shape index (κ2) is 7.38. The third-order valence-electron chi connectivity index (χ3n) is 4.52. The third kappa shape index (κ3) is 4.07. The Labute approximate surface area is 136 Å². The maximum Gasteiger partial charge on any atom is 0.145 e. The second-order valence-electron chi connectivity index (χ2n) is 6.64. The molecule has 1 aromatic carbocycles. The van der Waals surface area contributed by atoms with Gasteiger partial charge in [0.25, 0.3) is 0 Å². The lowest BCUT2D eigenvalue weighted by Crippen LogP contribution is -2.34. The van der Waals surface area contributed by atoms with Crippen LogP contribution in [0.3, 0.4) is 0 Å². The first kappa shape index (κ1) is 16.4. The topological polar surface area (TPSA) is 57.7 Å². The lowest BCUT2D eigenvalue weighted by atomic mass is 9.95. The molecule has 2 heterocycles. The van der Waals surface area contributed by atoms with Crippen LogP contribution in [0.25, 0.3) is 0 Å². The van der Waals surface area contributed by atoms with Crippen LogP contribution in [0, 0.1) is 17.7 Å². The summed E-state index contributed by atoms with van der Waals surface area (Å²) >= 11 is 0. The molecule has 2 aliphatic rings. The van der Waals surface area contributed by atoms with E-state index in [1.165, 1.54) is 12.1 Å². The van der Waals surface area contributed by atoms with Crippen LogP contribution in [0.2, 0.25) is 0 Å². The number of nitrogens with zero attached hydrogens (tertiary/aromatic N) is 1. The van der Waals surface area contributed by atoms with Crippen molar-refractivity contribution in [3.63, 3.8) is 0 Å². The van der Waals surface area contributed by atoms with E-state index in [2.05, 4.69) is 35.2 Å². The fourth-order valence-corrected chi connectivity index (χ4v) is 3.08. The van der Waals surface area contributed by atoms with Crippen molar-refractivity contribution < 1.29 is 9.23 Å². The van der Waals surface area contributed by atoms with E-state index in [1.807, 2.05) is 12.1 Å². The fraction of sp³-hybridized carbons (Fsp3) is 0.588. The summed E-state index contributed by atoms with van der Waals surface area (Å²) in [5.74, 6) is 0.659. The van der Waals surface area contributed by atoms with Crippen molar-refractivity contribution in [2.75, 3.05) is 19.6 Å². The maximum atomic E-state index is 13.1. The largest absolute Gasteiger partial charge is 0.391 e. The van der Waals surface area contributed by atoms with Crippen molar-refractivity contribution in [2.45, 2.75) is 32.4 Å². The average molecular weight is 320 g/mol. The number of benzene rings is 1. The smallest absolute Gasteiger partial charge is 0.145 e. The zero-order valence-electron chi connectivity index (χ0n) is 13.7. The summed E-state index contributed by atoms with van der Waals surface area (Å²) in [7, 11) is 0. The second-order valence-corrected chi connectivity index (χ2v) is 6.64. The van der Waals surface area contributed by atoms with Crippen LogP contribution in [-0.4, -0.2) is 31.4 Å². The van der Waals surface area contributed by atoms with Crippen LogP contribution in [0.1, 0.15) is 31.9 Å². The predicted octanol–water partition coefficient (Wildman–Crippen LogP) is 1.98. The van der Waals surface area contributed by atoms with Crippen molar-refractivity contribution in [3.05, 3.63) is 35.6 Å². The maximum absolute atomic E-state index is 13.1. The molecular formula is C17H25FN4O. The van der Waals surface area contributed by atoms with E-state index >= 15 is 0 Å². The number of oxime groups is 1. The average Bonchev–Trinajstić information content (AvgIpc) is 3.18. The van der Waals surface area contributed by atoms with Gasteiger partial charge in [0.15, 0.2) is 0 Å². The Morgan fingerprint density at radius 2 is 2.09 bits per heavy atom. The van der Waals surface area contributed by atoms with Crippen molar-refractivity contribution in [2.24, 2.45) is 17.0 Å². The summed E-state index contributed by atoms with van der Waals surface area (Å²) in [6, 6.07) is 6.90. The van der Waals surface area contributed by atoms with Crippen molar-refractivity contribution in [1.82, 2.24) is 16.2 Å². The Morgan fingerprint density at radius 3 is 2.78 bits per heavy atom. The molecule has 0 aliphatic carbocycles. The van der Waals surface area contributed by atoms with E-state index in [-0.39, 0.29) is 18.0 Å².